The summed E-state index contributed by atoms with van der Waals surface area (Å²) in [5.41, 5.74) is 2.60. The molecule has 0 bridgehead atoms. The number of nitrogens with zero attached hydrogens (tertiary/aromatic N) is 3. The van der Waals surface area contributed by atoms with Gasteiger partial charge in [0.25, 0.3) is 5.56 Å². The summed E-state index contributed by atoms with van der Waals surface area (Å²) in [5.74, 6) is 0.628. The number of nitrogens with one attached hydrogen (secondary N) is 1. The van der Waals surface area contributed by atoms with Gasteiger partial charge >= 0.3 is 6.03 Å². The number of unbranched alkanes of at least 4 members (excludes halogenated alkanes) is 1. The number of hydrogen-bond donors (Lipinski definition) is 1. The predicted octanol–water partition coefficient (Wildman–Crippen LogP) is 5.76. The zero-order valence-corrected chi connectivity index (χ0v) is 19.6. The van der Waals surface area contributed by atoms with Gasteiger partial charge in [-0.25, -0.2) is 9.78 Å². The molecule has 1 unspecified atom stereocenters. The first-order valence-electron chi connectivity index (χ1n) is 11.7. The number of hydrogen-bond acceptors (Lipinski definition) is 3. The largest absolute Gasteiger partial charge is 0.322 e. The Bertz CT molecular complexity index is 1110. The lowest BCUT2D eigenvalue weighted by molar-refractivity contribution is 0.187. The molecule has 0 spiro atoms. The van der Waals surface area contributed by atoms with Gasteiger partial charge in [-0.1, -0.05) is 51.5 Å². The van der Waals surface area contributed by atoms with Crippen LogP contribution >= 0.6 is 0 Å². The van der Waals surface area contributed by atoms with Crippen molar-refractivity contribution < 1.29 is 4.79 Å². The molecule has 0 radical (unpaired) electrons. The smallest absolute Gasteiger partial charge is 0.315 e. The number of para-hydroxylation sites is 1. The zero-order valence-electron chi connectivity index (χ0n) is 19.6. The molecule has 6 nitrogen and oxygen atoms in total. The lowest BCUT2D eigenvalue weighted by Crippen LogP contribution is -2.40. The van der Waals surface area contributed by atoms with Gasteiger partial charge < -0.3 is 10.2 Å². The number of amides is 2. The van der Waals surface area contributed by atoms with Crippen LogP contribution in [0, 0.1) is 0 Å². The Morgan fingerprint density at radius 1 is 1.06 bits per heavy atom. The molecule has 0 fully saturated rings. The van der Waals surface area contributed by atoms with Gasteiger partial charge in [0.15, 0.2) is 0 Å². The van der Waals surface area contributed by atoms with Crippen molar-refractivity contribution in [1.82, 2.24) is 14.5 Å². The zero-order chi connectivity index (χ0) is 23.1. The van der Waals surface area contributed by atoms with Gasteiger partial charge in [0.2, 0.25) is 0 Å². The summed E-state index contributed by atoms with van der Waals surface area (Å²) >= 11 is 0. The summed E-state index contributed by atoms with van der Waals surface area (Å²) in [5, 5.41) is 3.64. The number of benzene rings is 2. The number of fused-ring (bicyclic) bond motifs is 1. The van der Waals surface area contributed by atoms with Crippen molar-refractivity contribution in [1.29, 1.82) is 0 Å². The topological polar surface area (TPSA) is 67.2 Å². The number of aryl methyl sites for hydroxylation is 1. The van der Waals surface area contributed by atoms with E-state index in [1.165, 1.54) is 5.56 Å². The Morgan fingerprint density at radius 2 is 1.78 bits per heavy atom. The van der Waals surface area contributed by atoms with E-state index in [0.717, 1.165) is 31.4 Å². The maximum atomic E-state index is 13.3. The van der Waals surface area contributed by atoms with Crippen LogP contribution in [0.3, 0.4) is 0 Å². The van der Waals surface area contributed by atoms with Crippen molar-refractivity contribution >= 4 is 22.6 Å². The number of aromatic nitrogens is 2. The van der Waals surface area contributed by atoms with Crippen LogP contribution in [0.15, 0.2) is 53.3 Å². The summed E-state index contributed by atoms with van der Waals surface area (Å²) in [7, 11) is 0. The fourth-order valence-corrected chi connectivity index (χ4v) is 3.90. The maximum Gasteiger partial charge on any atom is 0.322 e. The average molecular weight is 435 g/mol. The molecule has 2 aromatic carbocycles. The summed E-state index contributed by atoms with van der Waals surface area (Å²) in [6.45, 7) is 9.36. The van der Waals surface area contributed by atoms with Crippen molar-refractivity contribution in [3.8, 4) is 0 Å². The fourth-order valence-electron chi connectivity index (χ4n) is 3.90. The molecule has 3 aromatic rings. The molecule has 0 aliphatic rings. The van der Waals surface area contributed by atoms with Crippen LogP contribution in [-0.2, 0) is 13.0 Å². The first-order chi connectivity index (χ1) is 15.5. The SMILES string of the molecule is CCCCN(C(=O)Nc1ccc(CC)cc1)C(C)c1nc2ccccc2c(=O)n1CCC. The highest BCUT2D eigenvalue weighted by Gasteiger charge is 2.26. The second-order valence-electron chi connectivity index (χ2n) is 8.15. The molecule has 1 aromatic heterocycles. The average Bonchev–Trinajstić information content (AvgIpc) is 2.81. The van der Waals surface area contributed by atoms with Crippen molar-refractivity contribution in [2.24, 2.45) is 0 Å². The third-order valence-corrected chi connectivity index (χ3v) is 5.81. The van der Waals surface area contributed by atoms with Gasteiger partial charge in [0.1, 0.15) is 5.82 Å². The number of anilines is 1. The van der Waals surface area contributed by atoms with E-state index in [4.69, 9.17) is 4.98 Å². The minimum atomic E-state index is -0.347. The van der Waals surface area contributed by atoms with E-state index in [9.17, 15) is 9.59 Å². The van der Waals surface area contributed by atoms with Crippen LogP contribution in [0.4, 0.5) is 10.5 Å². The molecule has 32 heavy (non-hydrogen) atoms. The summed E-state index contributed by atoms with van der Waals surface area (Å²) in [6, 6.07) is 14.8. The van der Waals surface area contributed by atoms with Gasteiger partial charge in [-0.05, 0) is 56.0 Å². The van der Waals surface area contributed by atoms with Gasteiger partial charge in [0, 0.05) is 18.8 Å². The predicted molar refractivity (Wildman–Crippen MR) is 131 cm³/mol. The van der Waals surface area contributed by atoms with Gasteiger partial charge in [-0.3, -0.25) is 9.36 Å². The fraction of sp³-hybridized carbons (Fsp3) is 0.423. The Labute approximate surface area is 190 Å². The Kier molecular flexibility index (Phi) is 8.03. The van der Waals surface area contributed by atoms with Crippen LogP contribution in [-0.4, -0.2) is 27.0 Å². The Balaban J connectivity index is 1.98. The Morgan fingerprint density at radius 3 is 2.44 bits per heavy atom. The molecule has 0 aliphatic carbocycles. The van der Waals surface area contributed by atoms with Gasteiger partial charge in [-0.2, -0.15) is 0 Å². The molecule has 1 N–H and O–H groups in total. The Hall–Kier alpha value is -3.15. The molecule has 170 valence electrons. The van der Waals surface area contributed by atoms with Crippen LogP contribution in [0.1, 0.15) is 64.4 Å². The number of rotatable bonds is 9. The lowest BCUT2D eigenvalue weighted by atomic mass is 10.1. The highest BCUT2D eigenvalue weighted by Crippen LogP contribution is 2.22. The highest BCUT2D eigenvalue weighted by atomic mass is 16.2. The first-order valence-corrected chi connectivity index (χ1v) is 11.7. The number of carbonyl (C=O) groups is 1. The molecule has 0 saturated carbocycles. The minimum absolute atomic E-state index is 0.0506. The number of urea groups is 1. The van der Waals surface area contributed by atoms with Crippen molar-refractivity contribution in [3.05, 3.63) is 70.3 Å². The van der Waals surface area contributed by atoms with E-state index in [1.807, 2.05) is 62.4 Å². The molecular weight excluding hydrogens is 400 g/mol. The van der Waals surface area contributed by atoms with Gasteiger partial charge in [-0.15, -0.1) is 0 Å². The second-order valence-corrected chi connectivity index (χ2v) is 8.15. The van der Waals surface area contributed by atoms with Crippen LogP contribution in [0.25, 0.3) is 10.9 Å². The third kappa shape index (κ3) is 5.18. The van der Waals surface area contributed by atoms with E-state index in [1.54, 1.807) is 9.47 Å². The summed E-state index contributed by atoms with van der Waals surface area (Å²) in [6.07, 6.45) is 3.60. The molecule has 0 saturated heterocycles. The van der Waals surface area contributed by atoms with Crippen LogP contribution in [0.2, 0.25) is 0 Å². The highest BCUT2D eigenvalue weighted by molar-refractivity contribution is 5.89. The third-order valence-electron chi connectivity index (χ3n) is 5.81. The number of carbonyl (C=O) groups excluding carboxylic acids is 1. The standard InChI is InChI=1S/C26H34N4O2/c1-5-8-18-29(26(32)27-21-15-13-20(7-3)14-16-21)19(4)24-28-23-12-10-9-11-22(23)25(31)30(24)17-6-2/h9-16,19H,5-8,17-18H2,1-4H3,(H,27,32). The van der Waals surface area contributed by atoms with Gasteiger partial charge in [0.05, 0.1) is 16.9 Å². The minimum Gasteiger partial charge on any atom is -0.315 e. The van der Waals surface area contributed by atoms with E-state index < -0.39 is 0 Å². The van der Waals surface area contributed by atoms with Crippen molar-refractivity contribution in [2.75, 3.05) is 11.9 Å². The molecule has 2 amide bonds. The van der Waals surface area contributed by atoms with E-state index in [2.05, 4.69) is 19.2 Å². The van der Waals surface area contributed by atoms with E-state index >= 15 is 0 Å². The quantitative estimate of drug-likeness (QED) is 0.465. The van der Waals surface area contributed by atoms with Crippen molar-refractivity contribution in [2.45, 2.75) is 66.0 Å². The van der Waals surface area contributed by atoms with Crippen molar-refractivity contribution in [3.63, 3.8) is 0 Å². The summed E-state index contributed by atoms with van der Waals surface area (Å²) < 4.78 is 1.73. The maximum absolute atomic E-state index is 13.3. The molecule has 3 rings (SSSR count). The van der Waals surface area contributed by atoms with E-state index in [-0.39, 0.29) is 17.6 Å². The monoisotopic (exact) mass is 434 g/mol. The first kappa shape index (κ1) is 23.5. The molecule has 1 atom stereocenters. The van der Waals surface area contributed by atoms with Crippen LogP contribution < -0.4 is 10.9 Å². The molecule has 1 heterocycles. The van der Waals surface area contributed by atoms with Crippen LogP contribution in [0.5, 0.6) is 0 Å². The summed E-state index contributed by atoms with van der Waals surface area (Å²) in [4.78, 5) is 33.1. The molecule has 6 heteroatoms. The molecular formula is C26H34N4O2. The molecule has 0 aliphatic heterocycles. The van der Waals surface area contributed by atoms with E-state index in [0.29, 0.717) is 29.8 Å². The second kappa shape index (κ2) is 10.9. The lowest BCUT2D eigenvalue weighted by Gasteiger charge is -2.30. The normalized spacial score (nSPS) is 12.0.